The number of rotatable bonds is 1. The van der Waals surface area contributed by atoms with Crippen molar-refractivity contribution in [2.75, 3.05) is 0 Å². The summed E-state index contributed by atoms with van der Waals surface area (Å²) >= 11 is 6.36. The van der Waals surface area contributed by atoms with Gasteiger partial charge in [-0.05, 0) is 16.4 Å². The van der Waals surface area contributed by atoms with Crippen LogP contribution in [0.25, 0.3) is 5.57 Å². The Morgan fingerprint density at radius 2 is 1.15 bits per heavy atom. The van der Waals surface area contributed by atoms with E-state index in [0.29, 0.717) is 5.57 Å². The van der Waals surface area contributed by atoms with Crippen molar-refractivity contribution in [2.24, 2.45) is 0 Å². The molecule has 3 aromatic carbocycles. The van der Waals surface area contributed by atoms with Gasteiger partial charge < -0.3 is 0 Å². The van der Waals surface area contributed by atoms with Crippen molar-refractivity contribution in [1.29, 1.82) is 10.5 Å². The van der Waals surface area contributed by atoms with Gasteiger partial charge in [0, 0.05) is 22.2 Å². The predicted octanol–water partition coefficient (Wildman–Crippen LogP) is 3.60. The van der Waals surface area contributed by atoms with E-state index < -0.39 is 6.04 Å². The predicted molar refractivity (Wildman–Crippen MR) is 110 cm³/mol. The molecule has 1 aliphatic heterocycles. The van der Waals surface area contributed by atoms with Gasteiger partial charge in [0.25, 0.3) is 0 Å². The summed E-state index contributed by atoms with van der Waals surface area (Å²) in [6.07, 6.45) is 0. The van der Waals surface area contributed by atoms with Crippen LogP contribution in [0, 0.1) is 22.7 Å². The summed E-state index contributed by atoms with van der Waals surface area (Å²) in [6, 6.07) is 27.9. The molecule has 0 bridgehead atoms. The molecule has 2 nitrogen and oxygen atoms in total. The largest absolute Gasteiger partial charge is 0.192 e. The summed E-state index contributed by atoms with van der Waals surface area (Å²) in [4.78, 5) is 0. The monoisotopic (exact) mass is 368 g/mol. The zero-order valence-corrected chi connectivity index (χ0v) is 15.5. The molecule has 0 atom stereocenters. The summed E-state index contributed by atoms with van der Waals surface area (Å²) in [5, 5.41) is 22.3. The molecule has 4 rings (SSSR count). The number of fused-ring (bicyclic) bond motifs is 2. The molecule has 1 aliphatic rings. The normalized spacial score (nSPS) is 17.4. The zero-order chi connectivity index (χ0) is 18.1. The van der Waals surface area contributed by atoms with E-state index in [-0.39, 0.29) is 5.57 Å². The fourth-order valence-electron chi connectivity index (χ4n) is 3.52. The molecule has 0 radical (unpaired) electrons. The average molecular weight is 368 g/mol. The van der Waals surface area contributed by atoms with Gasteiger partial charge >= 0.3 is 0 Å². The third-order valence-corrected chi connectivity index (χ3v) is 9.59. The van der Waals surface area contributed by atoms with E-state index >= 15 is 0 Å². The molecular weight excluding hydrogens is 355 g/mol. The molecule has 0 saturated heterocycles. The van der Waals surface area contributed by atoms with Crippen LogP contribution in [-0.2, 0) is 11.8 Å². The van der Waals surface area contributed by atoms with Gasteiger partial charge in [0.15, 0.2) is 0 Å². The summed E-state index contributed by atoms with van der Waals surface area (Å²) in [7, 11) is 0. The number of allylic oxidation sites excluding steroid dienone is 1. The van der Waals surface area contributed by atoms with Crippen molar-refractivity contribution in [1.82, 2.24) is 0 Å². The highest BCUT2D eigenvalue weighted by Crippen LogP contribution is 2.50. The molecule has 122 valence electrons. The van der Waals surface area contributed by atoms with Crippen LogP contribution in [0.15, 0.2) is 84.4 Å². The van der Waals surface area contributed by atoms with Gasteiger partial charge in [-0.2, -0.15) is 10.5 Å². The molecule has 0 spiro atoms. The van der Waals surface area contributed by atoms with Crippen molar-refractivity contribution in [3.8, 4) is 12.1 Å². The Balaban J connectivity index is 2.20. The Kier molecular flexibility index (Phi) is 4.06. The van der Waals surface area contributed by atoms with Gasteiger partial charge in [0.1, 0.15) is 17.7 Å². The minimum Gasteiger partial charge on any atom is -0.192 e. The van der Waals surface area contributed by atoms with Gasteiger partial charge in [0.2, 0.25) is 0 Å². The minimum atomic E-state index is -2.26. The van der Waals surface area contributed by atoms with E-state index in [2.05, 4.69) is 24.3 Å². The van der Waals surface area contributed by atoms with Crippen LogP contribution in [-0.4, -0.2) is 0 Å². The van der Waals surface area contributed by atoms with Crippen molar-refractivity contribution >= 4 is 39.3 Å². The van der Waals surface area contributed by atoms with Crippen LogP contribution < -0.4 is 15.9 Å². The molecule has 0 saturated carbocycles. The third-order valence-electron chi connectivity index (χ3n) is 4.62. The van der Waals surface area contributed by atoms with Gasteiger partial charge in [-0.1, -0.05) is 90.7 Å². The maximum absolute atomic E-state index is 9.53. The minimum absolute atomic E-state index is 0.124. The topological polar surface area (TPSA) is 47.6 Å². The van der Waals surface area contributed by atoms with Crippen LogP contribution >= 0.6 is 6.04 Å². The van der Waals surface area contributed by atoms with Gasteiger partial charge in [0.05, 0.1) is 0 Å². The fourth-order valence-corrected chi connectivity index (χ4v) is 7.89. The van der Waals surface area contributed by atoms with Crippen molar-refractivity contribution in [3.63, 3.8) is 0 Å². The lowest BCUT2D eigenvalue weighted by Crippen LogP contribution is -2.33. The Morgan fingerprint density at radius 1 is 0.692 bits per heavy atom. The van der Waals surface area contributed by atoms with Gasteiger partial charge in [-0.3, -0.25) is 0 Å². The Labute approximate surface area is 157 Å². The van der Waals surface area contributed by atoms with Crippen LogP contribution in [0.1, 0.15) is 11.1 Å². The fraction of sp³-hybridized carbons (Fsp3) is 0. The SMILES string of the molecule is N#CC(C#N)=C1c2ccccc2P(=S)(c2ccccc2)c2ccccc21. The highest BCUT2D eigenvalue weighted by Gasteiger charge is 2.36. The Bertz CT molecular complexity index is 1110. The molecule has 4 heteroatoms. The van der Waals surface area contributed by atoms with Crippen LogP contribution in [0.4, 0.5) is 0 Å². The number of hydrogen-bond acceptors (Lipinski definition) is 3. The second kappa shape index (κ2) is 6.40. The highest BCUT2D eigenvalue weighted by molar-refractivity contribution is 8.25. The quantitative estimate of drug-likeness (QED) is 0.381. The Hall–Kier alpha value is -2.97. The molecule has 0 unspecified atom stereocenters. The highest BCUT2D eigenvalue weighted by atomic mass is 32.4. The molecular formula is C22H13N2PS. The second-order valence-corrected chi connectivity index (χ2v) is 10.3. The summed E-state index contributed by atoms with van der Waals surface area (Å²) in [6.45, 7) is 0. The first-order chi connectivity index (χ1) is 12.7. The lowest BCUT2D eigenvalue weighted by molar-refractivity contribution is 1.45. The molecule has 26 heavy (non-hydrogen) atoms. The first-order valence-electron chi connectivity index (χ1n) is 8.12. The van der Waals surface area contributed by atoms with Crippen molar-refractivity contribution < 1.29 is 0 Å². The van der Waals surface area contributed by atoms with E-state index in [1.54, 1.807) is 0 Å². The smallest absolute Gasteiger partial charge is 0.138 e. The summed E-state index contributed by atoms with van der Waals surface area (Å²) in [5.41, 5.74) is 2.62. The Morgan fingerprint density at radius 3 is 1.65 bits per heavy atom. The van der Waals surface area contributed by atoms with E-state index in [4.69, 9.17) is 11.8 Å². The van der Waals surface area contributed by atoms with Gasteiger partial charge in [-0.15, -0.1) is 0 Å². The second-order valence-electron chi connectivity index (χ2n) is 5.95. The summed E-state index contributed by atoms with van der Waals surface area (Å²) in [5.74, 6) is 0. The summed E-state index contributed by atoms with van der Waals surface area (Å²) < 4.78 is 0. The van der Waals surface area contributed by atoms with Crippen LogP contribution in [0.3, 0.4) is 0 Å². The molecule has 1 heterocycles. The number of hydrogen-bond donors (Lipinski definition) is 0. The average Bonchev–Trinajstić information content (AvgIpc) is 2.72. The van der Waals surface area contributed by atoms with Gasteiger partial charge in [-0.25, -0.2) is 0 Å². The number of nitriles is 2. The molecule has 0 aromatic heterocycles. The molecule has 0 fully saturated rings. The molecule has 3 aromatic rings. The third kappa shape index (κ3) is 2.27. The molecule has 0 N–H and O–H groups in total. The molecule has 0 aliphatic carbocycles. The zero-order valence-electron chi connectivity index (χ0n) is 13.8. The number of benzene rings is 3. The maximum atomic E-state index is 9.53. The maximum Gasteiger partial charge on any atom is 0.138 e. The molecule has 0 amide bonds. The van der Waals surface area contributed by atoms with E-state index in [0.717, 1.165) is 27.0 Å². The van der Waals surface area contributed by atoms with Crippen LogP contribution in [0.5, 0.6) is 0 Å². The van der Waals surface area contributed by atoms with Crippen LogP contribution in [0.2, 0.25) is 0 Å². The first-order valence-corrected chi connectivity index (χ1v) is 10.9. The lowest BCUT2D eigenvalue weighted by Gasteiger charge is -2.34. The number of nitrogens with zero attached hydrogens (tertiary/aromatic N) is 2. The lowest BCUT2D eigenvalue weighted by atomic mass is 9.93. The van der Waals surface area contributed by atoms with Crippen molar-refractivity contribution in [3.05, 3.63) is 95.6 Å². The standard InChI is InChI=1S/C22H13N2PS/c23-14-16(15-24)22-18-10-4-6-12-20(18)25(26,17-8-2-1-3-9-17)21-13-7-5-11-19(21)22/h1-13H. The first kappa shape index (κ1) is 16.5. The van der Waals surface area contributed by atoms with E-state index in [1.165, 1.54) is 0 Å². The van der Waals surface area contributed by atoms with Crippen molar-refractivity contribution in [2.45, 2.75) is 0 Å². The van der Waals surface area contributed by atoms with E-state index in [9.17, 15) is 10.5 Å². The van der Waals surface area contributed by atoms with E-state index in [1.807, 2.05) is 66.7 Å².